The molecule has 3 rings (SSSR count). The molecule has 0 aromatic carbocycles. The van der Waals surface area contributed by atoms with E-state index in [1.807, 2.05) is 12.3 Å². The predicted octanol–water partition coefficient (Wildman–Crippen LogP) is 2.30. The van der Waals surface area contributed by atoms with Gasteiger partial charge in [-0.1, -0.05) is 6.07 Å². The van der Waals surface area contributed by atoms with Crippen molar-refractivity contribution in [2.75, 3.05) is 39.4 Å². The van der Waals surface area contributed by atoms with Gasteiger partial charge in [-0.25, -0.2) is 0 Å². The second-order valence-corrected chi connectivity index (χ2v) is 5.44. The van der Waals surface area contributed by atoms with E-state index in [0.29, 0.717) is 12.0 Å². The summed E-state index contributed by atoms with van der Waals surface area (Å²) in [7, 11) is 0. The van der Waals surface area contributed by atoms with Crippen molar-refractivity contribution >= 4 is 24.8 Å². The average Bonchev–Trinajstić information content (AvgIpc) is 2.51. The van der Waals surface area contributed by atoms with Gasteiger partial charge in [0.05, 0.1) is 11.7 Å². The monoisotopic (exact) mass is 333 g/mol. The molecule has 1 atom stereocenters. The zero-order chi connectivity index (χ0) is 12.9. The summed E-state index contributed by atoms with van der Waals surface area (Å²) in [6.07, 6.45) is 4.24. The Balaban J connectivity index is 0.00000110. The number of hydrogen-bond acceptors (Lipinski definition) is 4. The van der Waals surface area contributed by atoms with Crippen LogP contribution in [-0.4, -0.2) is 49.3 Å². The van der Waals surface area contributed by atoms with E-state index < -0.39 is 0 Å². The fourth-order valence-corrected chi connectivity index (χ4v) is 3.27. The predicted molar refractivity (Wildman–Crippen MR) is 89.5 cm³/mol. The summed E-state index contributed by atoms with van der Waals surface area (Å²) in [6, 6.07) is 6.76. The van der Waals surface area contributed by atoms with Gasteiger partial charge in [-0.2, -0.15) is 0 Å². The van der Waals surface area contributed by atoms with Crippen molar-refractivity contribution < 1.29 is 4.74 Å². The minimum Gasteiger partial charge on any atom is -0.381 e. The van der Waals surface area contributed by atoms with E-state index in [0.717, 1.165) is 52.2 Å². The first-order valence-corrected chi connectivity index (χ1v) is 7.38. The highest BCUT2D eigenvalue weighted by atomic mass is 35.5. The van der Waals surface area contributed by atoms with Crippen LogP contribution in [0.15, 0.2) is 24.4 Å². The summed E-state index contributed by atoms with van der Waals surface area (Å²) in [4.78, 5) is 7.23. The van der Waals surface area contributed by atoms with Gasteiger partial charge in [-0.15, -0.1) is 24.8 Å². The number of hydrogen-bond donors (Lipinski definition) is 1. The van der Waals surface area contributed by atoms with E-state index in [1.54, 1.807) is 0 Å². The van der Waals surface area contributed by atoms with Crippen LogP contribution in [0.4, 0.5) is 0 Å². The third-order valence-electron chi connectivity index (χ3n) is 4.25. The van der Waals surface area contributed by atoms with Crippen molar-refractivity contribution in [3.8, 4) is 0 Å². The molecule has 2 aliphatic rings. The topological polar surface area (TPSA) is 37.4 Å². The van der Waals surface area contributed by atoms with Crippen LogP contribution in [-0.2, 0) is 4.74 Å². The number of halogens is 2. The lowest BCUT2D eigenvalue weighted by molar-refractivity contribution is 0.0201. The van der Waals surface area contributed by atoms with Gasteiger partial charge < -0.3 is 10.1 Å². The zero-order valence-electron chi connectivity index (χ0n) is 12.2. The Morgan fingerprint density at radius 2 is 1.86 bits per heavy atom. The van der Waals surface area contributed by atoms with Gasteiger partial charge in [0, 0.05) is 45.6 Å². The van der Waals surface area contributed by atoms with E-state index in [9.17, 15) is 0 Å². The maximum absolute atomic E-state index is 5.52. The molecule has 0 bridgehead atoms. The molecular formula is C15H25Cl2N3O. The lowest BCUT2D eigenvalue weighted by atomic mass is 9.88. The van der Waals surface area contributed by atoms with Crippen molar-refractivity contribution in [2.45, 2.75) is 18.9 Å². The van der Waals surface area contributed by atoms with Gasteiger partial charge in [0.25, 0.3) is 0 Å². The minimum absolute atomic E-state index is 0. The van der Waals surface area contributed by atoms with Crippen molar-refractivity contribution in [3.63, 3.8) is 0 Å². The zero-order valence-corrected chi connectivity index (χ0v) is 13.9. The molecule has 3 heterocycles. The maximum Gasteiger partial charge on any atom is 0.0578 e. The molecule has 0 aliphatic carbocycles. The molecule has 21 heavy (non-hydrogen) atoms. The lowest BCUT2D eigenvalue weighted by Gasteiger charge is -2.40. The van der Waals surface area contributed by atoms with Gasteiger partial charge in [0.1, 0.15) is 0 Å². The molecule has 2 fully saturated rings. The maximum atomic E-state index is 5.52. The molecule has 0 radical (unpaired) electrons. The molecule has 1 aromatic rings. The molecule has 1 aromatic heterocycles. The quantitative estimate of drug-likeness (QED) is 0.920. The lowest BCUT2D eigenvalue weighted by Crippen LogP contribution is -2.47. The molecule has 6 heteroatoms. The number of aromatic nitrogens is 1. The van der Waals surface area contributed by atoms with Gasteiger partial charge in [-0.05, 0) is 30.9 Å². The molecule has 0 unspecified atom stereocenters. The molecule has 0 spiro atoms. The summed E-state index contributed by atoms with van der Waals surface area (Å²) < 4.78 is 5.52. The third kappa shape index (κ3) is 4.80. The van der Waals surface area contributed by atoms with Crippen LogP contribution in [0.2, 0.25) is 0 Å². The van der Waals surface area contributed by atoms with Gasteiger partial charge in [-0.3, -0.25) is 9.88 Å². The van der Waals surface area contributed by atoms with Crippen LogP contribution >= 0.6 is 24.8 Å². The first-order valence-electron chi connectivity index (χ1n) is 7.38. The highest BCUT2D eigenvalue weighted by Crippen LogP contribution is 2.34. The second-order valence-electron chi connectivity index (χ2n) is 5.44. The summed E-state index contributed by atoms with van der Waals surface area (Å²) in [5.41, 5.74) is 1.23. The van der Waals surface area contributed by atoms with E-state index in [-0.39, 0.29) is 24.8 Å². The van der Waals surface area contributed by atoms with Gasteiger partial charge in [0.2, 0.25) is 0 Å². The van der Waals surface area contributed by atoms with Crippen LogP contribution in [0.3, 0.4) is 0 Å². The average molecular weight is 334 g/mol. The minimum atomic E-state index is 0. The van der Waals surface area contributed by atoms with Gasteiger partial charge in [0.15, 0.2) is 0 Å². The Kier molecular flexibility index (Phi) is 8.52. The largest absolute Gasteiger partial charge is 0.381 e. The normalized spacial score (nSPS) is 21.9. The summed E-state index contributed by atoms with van der Waals surface area (Å²) >= 11 is 0. The summed E-state index contributed by atoms with van der Waals surface area (Å²) in [5, 5.41) is 3.44. The molecule has 1 N–H and O–H groups in total. The van der Waals surface area contributed by atoms with Gasteiger partial charge >= 0.3 is 0 Å². The Morgan fingerprint density at radius 3 is 2.48 bits per heavy atom. The second kappa shape index (κ2) is 9.59. The van der Waals surface area contributed by atoms with Crippen molar-refractivity contribution in [1.82, 2.24) is 15.2 Å². The molecule has 2 aliphatic heterocycles. The molecule has 4 nitrogen and oxygen atoms in total. The van der Waals surface area contributed by atoms with Crippen molar-refractivity contribution in [2.24, 2.45) is 5.92 Å². The van der Waals surface area contributed by atoms with Crippen LogP contribution in [0.1, 0.15) is 24.6 Å². The first-order chi connectivity index (χ1) is 9.45. The molecule has 120 valence electrons. The number of nitrogens with one attached hydrogen (secondary N) is 1. The highest BCUT2D eigenvalue weighted by molar-refractivity contribution is 5.85. The van der Waals surface area contributed by atoms with Crippen molar-refractivity contribution in [3.05, 3.63) is 30.1 Å². The molecule has 2 saturated heterocycles. The number of piperazine rings is 1. The Morgan fingerprint density at radius 1 is 1.14 bits per heavy atom. The van der Waals surface area contributed by atoms with E-state index in [4.69, 9.17) is 4.74 Å². The number of pyridine rings is 1. The number of nitrogens with zero attached hydrogens (tertiary/aromatic N) is 2. The van der Waals surface area contributed by atoms with E-state index >= 15 is 0 Å². The Bertz CT molecular complexity index is 364. The van der Waals surface area contributed by atoms with Crippen LogP contribution in [0.25, 0.3) is 0 Å². The fraction of sp³-hybridized carbons (Fsp3) is 0.667. The molecular weight excluding hydrogens is 309 g/mol. The first kappa shape index (κ1) is 18.7. The number of ether oxygens (including phenoxy) is 1. The standard InChI is InChI=1S/C15H23N3O.2ClH/c1-2-6-17-14(3-1)15(13-4-11-19-12-5-13)18-9-7-16-8-10-18;;/h1-3,6,13,15-16H,4-5,7-12H2;2*1H/t15-;;/m1../s1. The summed E-state index contributed by atoms with van der Waals surface area (Å²) in [6.45, 7) is 6.23. The van der Waals surface area contributed by atoms with Crippen molar-refractivity contribution in [1.29, 1.82) is 0 Å². The smallest absolute Gasteiger partial charge is 0.0578 e. The number of rotatable bonds is 3. The van der Waals surface area contributed by atoms with Crippen LogP contribution in [0.5, 0.6) is 0 Å². The Labute approximate surface area is 139 Å². The molecule has 0 saturated carbocycles. The third-order valence-corrected chi connectivity index (χ3v) is 4.25. The summed E-state index contributed by atoms with van der Waals surface area (Å²) in [5.74, 6) is 0.682. The highest BCUT2D eigenvalue weighted by Gasteiger charge is 2.31. The fourth-order valence-electron chi connectivity index (χ4n) is 3.27. The van der Waals surface area contributed by atoms with Crippen LogP contribution < -0.4 is 5.32 Å². The van der Waals surface area contributed by atoms with E-state index in [2.05, 4.69) is 27.3 Å². The van der Waals surface area contributed by atoms with Crippen LogP contribution in [0, 0.1) is 5.92 Å². The Hall–Kier alpha value is -0.390. The SMILES string of the molecule is Cl.Cl.c1ccc([C@@H](C2CCOCC2)N2CCNCC2)nc1. The van der Waals surface area contributed by atoms with E-state index in [1.165, 1.54) is 5.69 Å². The molecule has 0 amide bonds.